The molecule has 0 radical (unpaired) electrons. The molecule has 0 atom stereocenters. The second-order valence-electron chi connectivity index (χ2n) is 5.12. The summed E-state index contributed by atoms with van der Waals surface area (Å²) in [5, 5.41) is 9.70. The van der Waals surface area contributed by atoms with Gasteiger partial charge in [0.1, 0.15) is 17.6 Å². The highest BCUT2D eigenvalue weighted by Crippen LogP contribution is 2.29. The fourth-order valence-electron chi connectivity index (χ4n) is 2.26. The zero-order chi connectivity index (χ0) is 15.9. The molecule has 112 valence electrons. The van der Waals surface area contributed by atoms with Crippen LogP contribution in [0.5, 0.6) is 5.75 Å². The first-order valence-corrected chi connectivity index (χ1v) is 6.59. The average molecular weight is 302 g/mol. The number of hydrogen-bond donors (Lipinski definition) is 1. The number of hydrogen-bond acceptors (Lipinski definition) is 3. The molecule has 0 saturated carbocycles. The van der Waals surface area contributed by atoms with Crippen LogP contribution in [0.2, 0.25) is 0 Å². The molecular weight excluding hydrogens is 290 g/mol. The number of benzene rings is 2. The zero-order valence-electron chi connectivity index (χ0n) is 11.6. The van der Waals surface area contributed by atoms with Gasteiger partial charge in [-0.1, -0.05) is 24.3 Å². The first-order valence-electron chi connectivity index (χ1n) is 6.59. The molecule has 0 fully saturated rings. The lowest BCUT2D eigenvalue weighted by atomic mass is 10.0. The van der Waals surface area contributed by atoms with Crippen molar-refractivity contribution in [3.05, 3.63) is 64.5 Å². The van der Waals surface area contributed by atoms with Crippen LogP contribution in [0.4, 0.5) is 8.78 Å². The van der Waals surface area contributed by atoms with Crippen LogP contribution >= 0.6 is 0 Å². The van der Waals surface area contributed by atoms with Crippen LogP contribution in [0.3, 0.4) is 0 Å². The summed E-state index contributed by atoms with van der Waals surface area (Å²) in [6, 6.07) is 9.71. The third kappa shape index (κ3) is 2.45. The van der Waals surface area contributed by atoms with E-state index >= 15 is 0 Å². The van der Waals surface area contributed by atoms with Gasteiger partial charge in [0.05, 0.1) is 10.9 Å². The molecule has 3 aromatic rings. The van der Waals surface area contributed by atoms with Gasteiger partial charge in [-0.15, -0.1) is 0 Å². The van der Waals surface area contributed by atoms with Gasteiger partial charge in [0.2, 0.25) is 0 Å². The minimum absolute atomic E-state index is 0.00192. The van der Waals surface area contributed by atoms with E-state index < -0.39 is 5.92 Å². The number of alkyl halides is 2. The standard InChI is InChI=1S/C17H12F2O3/c1-17(18,19)11-4-2-10(3-5-11)14-9-22-15-8-12(20)6-7-13(15)16(14)21/h2-9,20H,1H3. The zero-order valence-corrected chi connectivity index (χ0v) is 11.6. The second-order valence-corrected chi connectivity index (χ2v) is 5.12. The first-order chi connectivity index (χ1) is 10.4. The summed E-state index contributed by atoms with van der Waals surface area (Å²) in [7, 11) is 0. The van der Waals surface area contributed by atoms with Crippen molar-refractivity contribution in [2.24, 2.45) is 0 Å². The normalized spacial score (nSPS) is 11.8. The summed E-state index contributed by atoms with van der Waals surface area (Å²) in [6.07, 6.45) is 1.27. The summed E-state index contributed by atoms with van der Waals surface area (Å²) < 4.78 is 31.8. The van der Waals surface area contributed by atoms with Gasteiger partial charge in [-0.05, 0) is 17.7 Å². The van der Waals surface area contributed by atoms with Crippen LogP contribution in [0.15, 0.2) is 57.9 Å². The largest absolute Gasteiger partial charge is 0.508 e. The van der Waals surface area contributed by atoms with Crippen molar-refractivity contribution in [1.29, 1.82) is 0 Å². The van der Waals surface area contributed by atoms with Crippen LogP contribution in [0.1, 0.15) is 12.5 Å². The summed E-state index contributed by atoms with van der Waals surface area (Å²) in [5.74, 6) is -2.93. The van der Waals surface area contributed by atoms with E-state index in [1.165, 1.54) is 48.7 Å². The summed E-state index contributed by atoms with van der Waals surface area (Å²) in [4.78, 5) is 12.4. The van der Waals surface area contributed by atoms with Crippen molar-refractivity contribution in [2.45, 2.75) is 12.8 Å². The number of fused-ring (bicyclic) bond motifs is 1. The van der Waals surface area contributed by atoms with Crippen molar-refractivity contribution < 1.29 is 18.3 Å². The maximum absolute atomic E-state index is 13.2. The minimum atomic E-state index is -2.93. The third-order valence-corrected chi connectivity index (χ3v) is 3.46. The molecule has 1 N–H and O–H groups in total. The Hall–Kier alpha value is -2.69. The Balaban J connectivity index is 2.13. The molecule has 0 aliphatic carbocycles. The Kier molecular flexibility index (Phi) is 3.20. The van der Waals surface area contributed by atoms with E-state index in [0.717, 1.165) is 6.92 Å². The number of aromatic hydroxyl groups is 1. The van der Waals surface area contributed by atoms with E-state index in [1.54, 1.807) is 0 Å². The topological polar surface area (TPSA) is 50.4 Å². The summed E-state index contributed by atoms with van der Waals surface area (Å²) in [5.41, 5.74) is 0.648. The van der Waals surface area contributed by atoms with Crippen LogP contribution < -0.4 is 5.43 Å². The Morgan fingerprint density at radius 1 is 1.09 bits per heavy atom. The molecule has 0 saturated heterocycles. The molecule has 5 heteroatoms. The van der Waals surface area contributed by atoms with Crippen molar-refractivity contribution >= 4 is 11.0 Å². The predicted molar refractivity (Wildman–Crippen MR) is 79.2 cm³/mol. The van der Waals surface area contributed by atoms with Crippen molar-refractivity contribution in [2.75, 3.05) is 0 Å². The van der Waals surface area contributed by atoms with E-state index in [2.05, 4.69) is 0 Å². The van der Waals surface area contributed by atoms with Gasteiger partial charge in [-0.3, -0.25) is 4.79 Å². The summed E-state index contributed by atoms with van der Waals surface area (Å²) in [6.45, 7) is 0.818. The molecule has 1 heterocycles. The molecule has 0 aliphatic heterocycles. The molecule has 0 amide bonds. The number of phenolic OH excluding ortho intramolecular Hbond substituents is 1. The Labute approximate surface area is 124 Å². The molecule has 2 aromatic carbocycles. The number of phenols is 1. The van der Waals surface area contributed by atoms with Crippen LogP contribution in [-0.4, -0.2) is 5.11 Å². The molecule has 0 aliphatic rings. The molecule has 0 bridgehead atoms. The highest BCUT2D eigenvalue weighted by Gasteiger charge is 2.23. The quantitative estimate of drug-likeness (QED) is 0.768. The van der Waals surface area contributed by atoms with Gasteiger partial charge in [-0.25, -0.2) is 8.78 Å². The smallest absolute Gasteiger partial charge is 0.270 e. The molecule has 3 rings (SSSR count). The second kappa shape index (κ2) is 4.94. The van der Waals surface area contributed by atoms with Gasteiger partial charge in [0.25, 0.3) is 5.92 Å². The molecule has 0 spiro atoms. The van der Waals surface area contributed by atoms with E-state index in [1.807, 2.05) is 0 Å². The highest BCUT2D eigenvalue weighted by atomic mass is 19.3. The van der Waals surface area contributed by atoms with Gasteiger partial charge >= 0.3 is 0 Å². The van der Waals surface area contributed by atoms with Gasteiger partial charge < -0.3 is 9.52 Å². The Morgan fingerprint density at radius 2 is 1.77 bits per heavy atom. The first kappa shape index (κ1) is 14.3. The van der Waals surface area contributed by atoms with E-state index in [4.69, 9.17) is 4.42 Å². The maximum Gasteiger partial charge on any atom is 0.270 e. The Bertz CT molecular complexity index is 890. The van der Waals surface area contributed by atoms with Crippen molar-refractivity contribution in [1.82, 2.24) is 0 Å². The third-order valence-electron chi connectivity index (χ3n) is 3.46. The lowest BCUT2D eigenvalue weighted by molar-refractivity contribution is 0.0175. The molecule has 3 nitrogen and oxygen atoms in total. The monoisotopic (exact) mass is 302 g/mol. The molecule has 1 aromatic heterocycles. The van der Waals surface area contributed by atoms with Crippen molar-refractivity contribution in [3.63, 3.8) is 0 Å². The van der Waals surface area contributed by atoms with Crippen molar-refractivity contribution in [3.8, 4) is 16.9 Å². The van der Waals surface area contributed by atoms with Gasteiger partial charge in [-0.2, -0.15) is 0 Å². The SMILES string of the molecule is CC(F)(F)c1ccc(-c2coc3cc(O)ccc3c2=O)cc1. The fourth-order valence-corrected chi connectivity index (χ4v) is 2.26. The number of rotatable bonds is 2. The van der Waals surface area contributed by atoms with E-state index in [-0.39, 0.29) is 27.9 Å². The van der Waals surface area contributed by atoms with Crippen LogP contribution in [-0.2, 0) is 5.92 Å². The van der Waals surface area contributed by atoms with Gasteiger partial charge in [0.15, 0.2) is 5.43 Å². The lowest BCUT2D eigenvalue weighted by Gasteiger charge is -2.11. The minimum Gasteiger partial charge on any atom is -0.508 e. The molecular formula is C17H12F2O3. The molecule has 0 unspecified atom stereocenters. The van der Waals surface area contributed by atoms with Crippen LogP contribution in [0, 0.1) is 0 Å². The van der Waals surface area contributed by atoms with E-state index in [9.17, 15) is 18.7 Å². The highest BCUT2D eigenvalue weighted by molar-refractivity contribution is 5.82. The lowest BCUT2D eigenvalue weighted by Crippen LogP contribution is -2.07. The average Bonchev–Trinajstić information content (AvgIpc) is 2.47. The van der Waals surface area contributed by atoms with E-state index in [0.29, 0.717) is 10.9 Å². The van der Waals surface area contributed by atoms with Crippen LogP contribution in [0.25, 0.3) is 22.1 Å². The fraction of sp³-hybridized carbons (Fsp3) is 0.118. The maximum atomic E-state index is 13.2. The molecule has 22 heavy (non-hydrogen) atoms. The van der Waals surface area contributed by atoms with Gasteiger partial charge in [0, 0.05) is 18.6 Å². The number of halogens is 2. The Morgan fingerprint density at radius 3 is 2.41 bits per heavy atom. The predicted octanol–water partition coefficient (Wildman–Crippen LogP) is 4.28. The summed E-state index contributed by atoms with van der Waals surface area (Å²) >= 11 is 0.